The molecule has 34 heavy (non-hydrogen) atoms. The van der Waals surface area contributed by atoms with Crippen molar-refractivity contribution in [2.45, 2.75) is 32.4 Å². The molecule has 0 bridgehead atoms. The average Bonchev–Trinajstić information content (AvgIpc) is 3.55. The zero-order chi connectivity index (χ0) is 23.3. The third-order valence-electron chi connectivity index (χ3n) is 6.11. The van der Waals surface area contributed by atoms with E-state index in [-0.39, 0.29) is 5.91 Å². The SMILES string of the molecule is O=C(c1ccc(Cl)cc1)N(Cc1ccco1)Cc1c(-c2ccccc2)noc1N1CCCCC1. The number of amides is 1. The van der Waals surface area contributed by atoms with Crippen LogP contribution in [0.4, 0.5) is 5.88 Å². The van der Waals surface area contributed by atoms with Gasteiger partial charge in [0.2, 0.25) is 5.88 Å². The maximum atomic E-state index is 13.6. The molecule has 1 saturated heterocycles. The fourth-order valence-electron chi connectivity index (χ4n) is 4.37. The quantitative estimate of drug-likeness (QED) is 0.308. The monoisotopic (exact) mass is 475 g/mol. The third-order valence-corrected chi connectivity index (χ3v) is 6.36. The molecule has 0 N–H and O–H groups in total. The average molecular weight is 476 g/mol. The number of carbonyl (C=O) groups is 1. The number of furan rings is 1. The van der Waals surface area contributed by atoms with Gasteiger partial charge in [0.25, 0.3) is 5.91 Å². The summed E-state index contributed by atoms with van der Waals surface area (Å²) in [4.78, 5) is 17.6. The molecule has 2 aromatic carbocycles. The summed E-state index contributed by atoms with van der Waals surface area (Å²) in [5.74, 6) is 1.34. The minimum absolute atomic E-state index is 0.113. The lowest BCUT2D eigenvalue weighted by Crippen LogP contribution is -2.33. The standard InChI is InChI=1S/C27H26ClN3O3/c28-22-13-11-21(12-14-22)26(32)31(18-23-10-7-17-33-23)19-24-25(20-8-3-1-4-9-20)29-34-27(24)30-15-5-2-6-16-30/h1,3-4,7-14,17H,2,5-6,15-16,18-19H2. The van der Waals surface area contributed by atoms with Crippen molar-refractivity contribution in [3.05, 3.63) is 94.9 Å². The molecule has 5 rings (SSSR count). The zero-order valence-electron chi connectivity index (χ0n) is 18.8. The van der Waals surface area contributed by atoms with Gasteiger partial charge < -0.3 is 18.7 Å². The van der Waals surface area contributed by atoms with Crippen molar-refractivity contribution in [3.8, 4) is 11.3 Å². The van der Waals surface area contributed by atoms with E-state index in [1.165, 1.54) is 6.42 Å². The van der Waals surface area contributed by atoms with Crippen molar-refractivity contribution in [1.29, 1.82) is 0 Å². The van der Waals surface area contributed by atoms with Crippen LogP contribution in [0.3, 0.4) is 0 Å². The number of hydrogen-bond acceptors (Lipinski definition) is 5. The summed E-state index contributed by atoms with van der Waals surface area (Å²) in [6, 6.07) is 20.6. The Kier molecular flexibility index (Phi) is 6.67. The number of hydrogen-bond donors (Lipinski definition) is 0. The first kappa shape index (κ1) is 22.3. The molecule has 0 atom stereocenters. The van der Waals surface area contributed by atoms with E-state index in [0.29, 0.717) is 29.4 Å². The molecule has 7 heteroatoms. The normalized spacial score (nSPS) is 13.7. The summed E-state index contributed by atoms with van der Waals surface area (Å²) in [5.41, 5.74) is 3.19. The molecular formula is C27H26ClN3O3. The van der Waals surface area contributed by atoms with Crippen molar-refractivity contribution in [2.24, 2.45) is 0 Å². The number of anilines is 1. The molecule has 0 aliphatic carbocycles. The molecule has 1 fully saturated rings. The van der Waals surface area contributed by atoms with Gasteiger partial charge in [0, 0.05) is 29.2 Å². The van der Waals surface area contributed by atoms with Crippen LogP contribution in [0.1, 0.15) is 40.9 Å². The molecular weight excluding hydrogens is 450 g/mol. The van der Waals surface area contributed by atoms with Gasteiger partial charge in [0.05, 0.1) is 24.9 Å². The highest BCUT2D eigenvalue weighted by molar-refractivity contribution is 6.30. The summed E-state index contributed by atoms with van der Waals surface area (Å²) in [6.07, 6.45) is 5.06. The van der Waals surface area contributed by atoms with Gasteiger partial charge in [-0.3, -0.25) is 4.79 Å². The van der Waals surface area contributed by atoms with E-state index in [4.69, 9.17) is 20.5 Å². The Morgan fingerprint density at radius 1 is 0.941 bits per heavy atom. The van der Waals surface area contributed by atoms with Gasteiger partial charge in [-0.15, -0.1) is 0 Å². The van der Waals surface area contributed by atoms with Gasteiger partial charge in [0.15, 0.2) is 0 Å². The topological polar surface area (TPSA) is 62.7 Å². The Bertz CT molecular complexity index is 1210. The predicted octanol–water partition coefficient (Wildman–Crippen LogP) is 6.42. The molecule has 2 aromatic heterocycles. The second kappa shape index (κ2) is 10.2. The third kappa shape index (κ3) is 4.87. The van der Waals surface area contributed by atoms with Crippen LogP contribution in [-0.4, -0.2) is 29.1 Å². The number of aromatic nitrogens is 1. The highest BCUT2D eigenvalue weighted by atomic mass is 35.5. The van der Waals surface area contributed by atoms with E-state index in [2.05, 4.69) is 10.1 Å². The van der Waals surface area contributed by atoms with Gasteiger partial charge in [-0.25, -0.2) is 0 Å². The van der Waals surface area contributed by atoms with Crippen LogP contribution in [0.2, 0.25) is 5.02 Å². The van der Waals surface area contributed by atoms with Crippen LogP contribution in [-0.2, 0) is 13.1 Å². The zero-order valence-corrected chi connectivity index (χ0v) is 19.6. The Morgan fingerprint density at radius 2 is 1.71 bits per heavy atom. The van der Waals surface area contributed by atoms with Crippen molar-refractivity contribution in [2.75, 3.05) is 18.0 Å². The fraction of sp³-hybridized carbons (Fsp3) is 0.259. The van der Waals surface area contributed by atoms with E-state index >= 15 is 0 Å². The van der Waals surface area contributed by atoms with Gasteiger partial charge in [-0.1, -0.05) is 47.1 Å². The summed E-state index contributed by atoms with van der Waals surface area (Å²) < 4.78 is 11.5. The fourth-order valence-corrected chi connectivity index (χ4v) is 4.49. The molecule has 0 spiro atoms. The van der Waals surface area contributed by atoms with E-state index < -0.39 is 0 Å². The lowest BCUT2D eigenvalue weighted by Gasteiger charge is -2.28. The number of carbonyl (C=O) groups excluding carboxylic acids is 1. The second-order valence-corrected chi connectivity index (χ2v) is 8.91. The molecule has 0 radical (unpaired) electrons. The van der Waals surface area contributed by atoms with Gasteiger partial charge in [-0.2, -0.15) is 0 Å². The van der Waals surface area contributed by atoms with Gasteiger partial charge >= 0.3 is 0 Å². The molecule has 1 aliphatic heterocycles. The maximum Gasteiger partial charge on any atom is 0.254 e. The van der Waals surface area contributed by atoms with Gasteiger partial charge in [0.1, 0.15) is 11.5 Å². The van der Waals surface area contributed by atoms with Crippen molar-refractivity contribution in [3.63, 3.8) is 0 Å². The van der Waals surface area contributed by atoms with E-state index in [0.717, 1.165) is 48.6 Å². The summed E-state index contributed by atoms with van der Waals surface area (Å²) in [7, 11) is 0. The van der Waals surface area contributed by atoms with E-state index in [1.54, 1.807) is 35.4 Å². The summed E-state index contributed by atoms with van der Waals surface area (Å²) >= 11 is 6.06. The number of nitrogens with zero attached hydrogens (tertiary/aromatic N) is 3. The molecule has 0 unspecified atom stereocenters. The van der Waals surface area contributed by atoms with E-state index in [1.807, 2.05) is 42.5 Å². The van der Waals surface area contributed by atoms with Crippen molar-refractivity contribution in [1.82, 2.24) is 10.1 Å². The van der Waals surface area contributed by atoms with Crippen LogP contribution in [0.25, 0.3) is 11.3 Å². The first-order valence-electron chi connectivity index (χ1n) is 11.5. The molecule has 1 aliphatic rings. The maximum absolute atomic E-state index is 13.6. The van der Waals surface area contributed by atoms with Crippen molar-refractivity contribution < 1.29 is 13.7 Å². The molecule has 6 nitrogen and oxygen atoms in total. The lowest BCUT2D eigenvalue weighted by atomic mass is 10.0. The lowest BCUT2D eigenvalue weighted by molar-refractivity contribution is 0.0718. The van der Waals surface area contributed by atoms with Crippen LogP contribution in [0.5, 0.6) is 0 Å². The van der Waals surface area contributed by atoms with Gasteiger partial charge in [-0.05, 0) is 55.7 Å². The number of halogens is 1. The molecule has 3 heterocycles. The molecule has 0 saturated carbocycles. The Hall–Kier alpha value is -3.51. The Morgan fingerprint density at radius 3 is 2.41 bits per heavy atom. The van der Waals surface area contributed by atoms with Crippen LogP contribution >= 0.6 is 11.6 Å². The first-order chi connectivity index (χ1) is 16.7. The predicted molar refractivity (Wildman–Crippen MR) is 132 cm³/mol. The second-order valence-electron chi connectivity index (χ2n) is 8.48. The highest BCUT2D eigenvalue weighted by Crippen LogP contribution is 2.34. The van der Waals surface area contributed by atoms with Crippen LogP contribution in [0.15, 0.2) is 81.9 Å². The largest absolute Gasteiger partial charge is 0.467 e. The Labute approximate surface area is 203 Å². The molecule has 1 amide bonds. The summed E-state index contributed by atoms with van der Waals surface area (Å²) in [5, 5.41) is 5.05. The highest BCUT2D eigenvalue weighted by Gasteiger charge is 2.28. The Balaban J connectivity index is 1.54. The minimum Gasteiger partial charge on any atom is -0.467 e. The summed E-state index contributed by atoms with van der Waals surface area (Å²) in [6.45, 7) is 2.49. The van der Waals surface area contributed by atoms with Crippen molar-refractivity contribution >= 4 is 23.4 Å². The number of rotatable bonds is 7. The van der Waals surface area contributed by atoms with Crippen LogP contribution < -0.4 is 4.90 Å². The molecule has 174 valence electrons. The first-order valence-corrected chi connectivity index (χ1v) is 11.9. The van der Waals surface area contributed by atoms with E-state index in [9.17, 15) is 4.79 Å². The molecule has 4 aromatic rings. The minimum atomic E-state index is -0.113. The number of piperidine rings is 1. The number of benzene rings is 2. The smallest absolute Gasteiger partial charge is 0.254 e. The van der Waals surface area contributed by atoms with Crippen LogP contribution in [0, 0.1) is 0 Å².